The monoisotopic (exact) mass is 438 g/mol. The Morgan fingerprint density at radius 1 is 1.10 bits per heavy atom. The van der Waals surface area contributed by atoms with Crippen LogP contribution in [0.4, 0.5) is 0 Å². The third kappa shape index (κ3) is 5.82. The van der Waals surface area contributed by atoms with Gasteiger partial charge in [0.05, 0.1) is 11.5 Å². The van der Waals surface area contributed by atoms with Gasteiger partial charge in [-0.2, -0.15) is 0 Å². The molecule has 5 heteroatoms. The smallest absolute Gasteiger partial charge is 0.173 e. The number of ether oxygens (including phenoxy) is 1. The van der Waals surface area contributed by atoms with Gasteiger partial charge >= 0.3 is 0 Å². The van der Waals surface area contributed by atoms with Gasteiger partial charge in [0.2, 0.25) is 0 Å². The maximum absolute atomic E-state index is 12.9. The number of aliphatic hydroxyl groups excluding tert-OH is 2. The van der Waals surface area contributed by atoms with Crippen molar-refractivity contribution in [1.82, 2.24) is 0 Å². The number of hydrogen-bond acceptors (Lipinski definition) is 5. The van der Waals surface area contributed by atoms with Gasteiger partial charge in [0, 0.05) is 11.3 Å². The van der Waals surface area contributed by atoms with Crippen molar-refractivity contribution >= 4 is 17.1 Å². The molecule has 4 nitrogen and oxygen atoms in total. The molecule has 2 N–H and O–H groups in total. The van der Waals surface area contributed by atoms with Gasteiger partial charge in [-0.15, -0.1) is 11.3 Å². The number of benzene rings is 2. The Labute approximate surface area is 188 Å². The number of carbonyl (C=O) groups is 1. The Morgan fingerprint density at radius 3 is 2.39 bits per heavy atom. The number of Topliss-reactive ketones (excluding diaryl/α,β-unsaturated/α-hetero) is 1. The van der Waals surface area contributed by atoms with Gasteiger partial charge in [0.1, 0.15) is 18.5 Å². The van der Waals surface area contributed by atoms with Crippen molar-refractivity contribution < 1.29 is 19.7 Å². The molecule has 0 fully saturated rings. The predicted molar refractivity (Wildman–Crippen MR) is 126 cm³/mol. The van der Waals surface area contributed by atoms with Crippen LogP contribution in [-0.2, 0) is 12.8 Å². The topological polar surface area (TPSA) is 66.8 Å². The van der Waals surface area contributed by atoms with E-state index in [1.807, 2.05) is 50.2 Å². The summed E-state index contributed by atoms with van der Waals surface area (Å²) in [6.45, 7) is 5.77. The molecule has 0 amide bonds. The minimum Gasteiger partial charge on any atom is -0.490 e. The van der Waals surface area contributed by atoms with Crippen molar-refractivity contribution in [1.29, 1.82) is 0 Å². The molecule has 31 heavy (non-hydrogen) atoms. The van der Waals surface area contributed by atoms with Crippen molar-refractivity contribution in [3.63, 3.8) is 0 Å². The Balaban J connectivity index is 1.69. The first-order valence-electron chi connectivity index (χ1n) is 10.7. The molecule has 2 aromatic carbocycles. The molecule has 1 heterocycles. The van der Waals surface area contributed by atoms with Crippen molar-refractivity contribution in [3.8, 4) is 16.9 Å². The summed E-state index contributed by atoms with van der Waals surface area (Å²) in [4.78, 5) is 15.0. The largest absolute Gasteiger partial charge is 0.490 e. The van der Waals surface area contributed by atoms with Crippen molar-refractivity contribution in [2.75, 3.05) is 13.2 Å². The number of carbonyl (C=O) groups excluding carboxylic acids is 1. The highest BCUT2D eigenvalue weighted by molar-refractivity contribution is 7.14. The minimum atomic E-state index is -0.893. The summed E-state index contributed by atoms with van der Waals surface area (Å²) < 4.78 is 5.67. The van der Waals surface area contributed by atoms with Crippen LogP contribution >= 0.6 is 11.3 Å². The van der Waals surface area contributed by atoms with Gasteiger partial charge in [-0.3, -0.25) is 4.79 Å². The molecule has 1 atom stereocenters. The zero-order valence-corrected chi connectivity index (χ0v) is 19.2. The number of hydrogen-bond donors (Lipinski definition) is 2. The van der Waals surface area contributed by atoms with E-state index in [4.69, 9.17) is 9.84 Å². The number of thiophene rings is 1. The fourth-order valence-electron chi connectivity index (χ4n) is 3.72. The molecule has 0 saturated heterocycles. The Morgan fingerprint density at radius 2 is 1.77 bits per heavy atom. The van der Waals surface area contributed by atoms with Gasteiger partial charge in [0.25, 0.3) is 0 Å². The molecule has 164 valence electrons. The Kier molecular flexibility index (Phi) is 8.02. The maximum Gasteiger partial charge on any atom is 0.173 e. The zero-order valence-electron chi connectivity index (χ0n) is 18.4. The first-order valence-corrected chi connectivity index (χ1v) is 11.5. The van der Waals surface area contributed by atoms with Crippen LogP contribution in [0.3, 0.4) is 0 Å². The molecule has 0 aliphatic rings. The summed E-state index contributed by atoms with van der Waals surface area (Å²) in [5.74, 6) is 0.893. The normalized spacial score (nSPS) is 12.0. The van der Waals surface area contributed by atoms with Crippen molar-refractivity contribution in [2.45, 2.75) is 46.1 Å². The SMILES string of the molecule is CCc1sc(C(=O)CCc2cc(C)c(OC[C@H](O)CO)c(C)c2)cc1-c1ccccc1. The Hall–Kier alpha value is -2.47. The second kappa shape index (κ2) is 10.7. The van der Waals surface area contributed by atoms with E-state index in [1.54, 1.807) is 11.3 Å². The highest BCUT2D eigenvalue weighted by Gasteiger charge is 2.16. The van der Waals surface area contributed by atoms with Gasteiger partial charge in [0.15, 0.2) is 5.78 Å². The highest BCUT2D eigenvalue weighted by Crippen LogP contribution is 2.33. The lowest BCUT2D eigenvalue weighted by Gasteiger charge is -2.15. The highest BCUT2D eigenvalue weighted by atomic mass is 32.1. The molecular formula is C26H30O4S. The second-order valence-corrected chi connectivity index (χ2v) is 8.93. The first kappa shape index (κ1) is 23.2. The number of ketones is 1. The lowest BCUT2D eigenvalue weighted by atomic mass is 10.00. The van der Waals surface area contributed by atoms with E-state index in [2.05, 4.69) is 19.1 Å². The van der Waals surface area contributed by atoms with Crippen LogP contribution in [-0.4, -0.2) is 35.3 Å². The van der Waals surface area contributed by atoms with Crippen LogP contribution in [0.25, 0.3) is 11.1 Å². The molecule has 1 aromatic heterocycles. The molecular weight excluding hydrogens is 408 g/mol. The molecule has 0 bridgehead atoms. The average molecular weight is 439 g/mol. The van der Waals surface area contributed by atoms with E-state index in [-0.39, 0.29) is 19.0 Å². The summed E-state index contributed by atoms with van der Waals surface area (Å²) in [7, 11) is 0. The number of aryl methyl sites for hydroxylation is 4. The minimum absolute atomic E-state index is 0.0535. The quantitative estimate of drug-likeness (QED) is 0.430. The third-order valence-electron chi connectivity index (χ3n) is 5.28. The molecule has 0 saturated carbocycles. The van der Waals surface area contributed by atoms with Crippen LogP contribution in [0.2, 0.25) is 0 Å². The van der Waals surface area contributed by atoms with Crippen LogP contribution in [0.1, 0.15) is 44.6 Å². The zero-order chi connectivity index (χ0) is 22.4. The van der Waals surface area contributed by atoms with Crippen LogP contribution < -0.4 is 4.74 Å². The third-order valence-corrected chi connectivity index (χ3v) is 6.60. The summed E-state index contributed by atoms with van der Waals surface area (Å²) in [5.41, 5.74) is 5.33. The average Bonchev–Trinajstić information content (AvgIpc) is 3.22. The Bertz CT molecular complexity index is 1000. The van der Waals surface area contributed by atoms with Gasteiger partial charge in [-0.25, -0.2) is 0 Å². The van der Waals surface area contributed by atoms with Crippen molar-refractivity contribution in [2.24, 2.45) is 0 Å². The van der Waals surface area contributed by atoms with Crippen molar-refractivity contribution in [3.05, 3.63) is 75.0 Å². The van der Waals surface area contributed by atoms with E-state index < -0.39 is 6.10 Å². The first-order chi connectivity index (χ1) is 14.9. The summed E-state index contributed by atoms with van der Waals surface area (Å²) >= 11 is 1.60. The summed E-state index contributed by atoms with van der Waals surface area (Å²) in [5, 5.41) is 18.5. The van der Waals surface area contributed by atoms with E-state index in [0.29, 0.717) is 12.8 Å². The molecule has 3 rings (SSSR count). The molecule has 0 spiro atoms. The fourth-order valence-corrected chi connectivity index (χ4v) is 4.81. The number of aliphatic hydroxyl groups is 2. The van der Waals surface area contributed by atoms with E-state index >= 15 is 0 Å². The van der Waals surface area contributed by atoms with Crippen LogP contribution in [0.5, 0.6) is 5.75 Å². The van der Waals surface area contributed by atoms with E-state index in [9.17, 15) is 9.90 Å². The van der Waals surface area contributed by atoms with Gasteiger partial charge < -0.3 is 14.9 Å². The molecule has 0 aliphatic heterocycles. The maximum atomic E-state index is 12.9. The summed E-state index contributed by atoms with van der Waals surface area (Å²) in [6.07, 6.45) is 1.14. The standard InChI is InChI=1S/C26H30O4S/c1-4-24-22(20-8-6-5-7-9-20)14-25(31-24)23(29)11-10-19-12-17(2)26(18(3)13-19)30-16-21(28)15-27/h5-9,12-14,21,27-28H,4,10-11,15-16H2,1-3H3/t21-/m1/s1. The second-order valence-electron chi connectivity index (χ2n) is 7.80. The lowest BCUT2D eigenvalue weighted by Crippen LogP contribution is -2.21. The van der Waals surface area contributed by atoms with Crippen LogP contribution in [0, 0.1) is 13.8 Å². The van der Waals surface area contributed by atoms with Crippen LogP contribution in [0.15, 0.2) is 48.5 Å². The van der Waals surface area contributed by atoms with E-state index in [1.165, 1.54) is 4.88 Å². The summed E-state index contributed by atoms with van der Waals surface area (Å²) in [6, 6.07) is 16.3. The predicted octanol–water partition coefficient (Wildman–Crippen LogP) is 5.14. The number of rotatable bonds is 10. The lowest BCUT2D eigenvalue weighted by molar-refractivity contribution is 0.0531. The van der Waals surface area contributed by atoms with Gasteiger partial charge in [-0.05, 0) is 60.6 Å². The molecule has 0 radical (unpaired) electrons. The fraction of sp³-hybridized carbons (Fsp3) is 0.346. The van der Waals surface area contributed by atoms with E-state index in [0.717, 1.165) is 44.9 Å². The molecule has 3 aromatic rings. The molecule has 0 unspecified atom stereocenters. The van der Waals surface area contributed by atoms with Gasteiger partial charge in [-0.1, -0.05) is 49.4 Å². The molecule has 0 aliphatic carbocycles.